The van der Waals surface area contributed by atoms with Crippen LogP contribution in [0.2, 0.25) is 0 Å². The number of likely N-dealkylation sites (tertiary alicyclic amines) is 2. The standard InChI is InChI=1S/C44H53FN12O4/c1-42(41-46-15-2-16-47-41)11-21-56(22-12-42)44(10-7-30(25-48-44)31-26-49-50-27-31)32-28-51-57(29-32)34-8-17-55(18-9-34)39(59)24-43(61)13-19-54(20-14-43)37-5-3-33(23-35(37)45)52-36-4-6-38(58)53-40(36)60/h2-3,5,7,10,15-16,23,25-29,34,36,48,52,61H,4,6,8-9,11-14,17-22,24H2,1H3,(H,49,50)(H,53,58,60). The number of imide groups is 1. The highest BCUT2D eigenvalue weighted by molar-refractivity contribution is 6.01. The maximum absolute atomic E-state index is 15.3. The third-order valence-corrected chi connectivity index (χ3v) is 13.5. The third kappa shape index (κ3) is 8.28. The van der Waals surface area contributed by atoms with E-state index < -0.39 is 29.0 Å². The Morgan fingerprint density at radius 3 is 2.44 bits per heavy atom. The molecular formula is C44H53FN12O4. The van der Waals surface area contributed by atoms with Crippen LogP contribution in [-0.2, 0) is 25.5 Å². The Kier molecular flexibility index (Phi) is 10.9. The van der Waals surface area contributed by atoms with E-state index in [1.54, 1.807) is 12.1 Å². The minimum atomic E-state index is -1.17. The van der Waals surface area contributed by atoms with Gasteiger partial charge >= 0.3 is 0 Å². The molecule has 4 aromatic rings. The van der Waals surface area contributed by atoms with E-state index in [4.69, 9.17) is 5.10 Å². The van der Waals surface area contributed by atoms with Gasteiger partial charge in [-0.15, -0.1) is 0 Å². The van der Waals surface area contributed by atoms with Crippen LogP contribution in [0.5, 0.6) is 0 Å². The molecule has 16 nitrogen and oxygen atoms in total. The second-order valence-electron chi connectivity index (χ2n) is 17.5. The molecule has 3 amide bonds. The number of nitrogens with zero attached hydrogens (tertiary/aromatic N) is 8. The number of halogens is 1. The van der Waals surface area contributed by atoms with Gasteiger partial charge in [0, 0.05) is 104 Å². The fourth-order valence-electron chi connectivity index (χ4n) is 9.56. The van der Waals surface area contributed by atoms with Gasteiger partial charge in [0.1, 0.15) is 23.3 Å². The number of hydrogen-bond donors (Lipinski definition) is 5. The Labute approximate surface area is 353 Å². The summed E-state index contributed by atoms with van der Waals surface area (Å²) in [4.78, 5) is 52.7. The molecule has 5 N–H and O–H groups in total. The molecule has 1 aromatic carbocycles. The lowest BCUT2D eigenvalue weighted by atomic mass is 9.78. The third-order valence-electron chi connectivity index (χ3n) is 13.5. The lowest BCUT2D eigenvalue weighted by Crippen LogP contribution is -2.58. The summed E-state index contributed by atoms with van der Waals surface area (Å²) >= 11 is 0. The average molecular weight is 833 g/mol. The van der Waals surface area contributed by atoms with Crippen molar-refractivity contribution in [3.63, 3.8) is 0 Å². The number of amides is 3. The number of nitrogens with one attached hydrogen (secondary N) is 4. The number of dihydropyridines is 1. The molecule has 9 rings (SSSR count). The summed E-state index contributed by atoms with van der Waals surface area (Å²) in [5.41, 5.74) is 2.02. The smallest absolute Gasteiger partial charge is 0.249 e. The first-order valence-electron chi connectivity index (χ1n) is 21.4. The normalized spacial score (nSPS) is 24.5. The molecule has 0 bridgehead atoms. The van der Waals surface area contributed by atoms with Crippen molar-refractivity contribution < 1.29 is 23.9 Å². The molecule has 5 aliphatic heterocycles. The van der Waals surface area contributed by atoms with E-state index in [2.05, 4.69) is 77.2 Å². The number of aromatic amines is 1. The van der Waals surface area contributed by atoms with Crippen LogP contribution >= 0.6 is 0 Å². The van der Waals surface area contributed by atoms with Crippen molar-refractivity contribution in [3.05, 3.63) is 103 Å². The van der Waals surface area contributed by atoms with Gasteiger partial charge < -0.3 is 25.5 Å². The van der Waals surface area contributed by atoms with Crippen LogP contribution in [0.15, 0.2) is 79.8 Å². The van der Waals surface area contributed by atoms with Crippen LogP contribution < -0.4 is 20.9 Å². The van der Waals surface area contributed by atoms with Crippen LogP contribution in [-0.4, -0.2) is 113 Å². The molecule has 17 heteroatoms. The van der Waals surface area contributed by atoms with Crippen molar-refractivity contribution in [2.24, 2.45) is 0 Å². The predicted octanol–water partition coefficient (Wildman–Crippen LogP) is 3.74. The number of benzene rings is 1. The fraction of sp³-hybridized carbons (Fsp3) is 0.477. The van der Waals surface area contributed by atoms with Gasteiger partial charge in [0.05, 0.1) is 36.1 Å². The highest BCUT2D eigenvalue weighted by Crippen LogP contribution is 2.41. The molecule has 320 valence electrons. The van der Waals surface area contributed by atoms with Crippen molar-refractivity contribution in [2.75, 3.05) is 49.5 Å². The van der Waals surface area contributed by atoms with Crippen LogP contribution in [0, 0.1) is 5.82 Å². The highest BCUT2D eigenvalue weighted by atomic mass is 19.1. The van der Waals surface area contributed by atoms with Gasteiger partial charge in [-0.1, -0.05) is 13.0 Å². The predicted molar refractivity (Wildman–Crippen MR) is 225 cm³/mol. The molecule has 0 spiro atoms. The van der Waals surface area contributed by atoms with Gasteiger partial charge in [0.2, 0.25) is 17.7 Å². The van der Waals surface area contributed by atoms with E-state index in [1.807, 2.05) is 46.9 Å². The molecule has 0 aliphatic carbocycles. The summed E-state index contributed by atoms with van der Waals surface area (Å²) in [6.07, 6.45) is 22.4. The topological polar surface area (TPSA) is 190 Å². The molecule has 2 atom stereocenters. The highest BCUT2D eigenvalue weighted by Gasteiger charge is 2.44. The Morgan fingerprint density at radius 2 is 1.77 bits per heavy atom. The number of H-pyrrole nitrogens is 1. The lowest BCUT2D eigenvalue weighted by Gasteiger charge is -2.48. The summed E-state index contributed by atoms with van der Waals surface area (Å²) in [7, 11) is 0. The minimum Gasteiger partial charge on any atom is -0.389 e. The van der Waals surface area contributed by atoms with Crippen LogP contribution in [0.4, 0.5) is 15.8 Å². The Balaban J connectivity index is 0.798. The zero-order valence-corrected chi connectivity index (χ0v) is 34.4. The van der Waals surface area contributed by atoms with Crippen molar-refractivity contribution in [1.82, 2.24) is 50.4 Å². The summed E-state index contributed by atoms with van der Waals surface area (Å²) in [6, 6.07) is 6.09. The van der Waals surface area contributed by atoms with Crippen molar-refractivity contribution >= 4 is 34.7 Å². The first-order valence-corrected chi connectivity index (χ1v) is 21.4. The molecule has 4 saturated heterocycles. The zero-order valence-electron chi connectivity index (χ0n) is 34.4. The summed E-state index contributed by atoms with van der Waals surface area (Å²) in [5.74, 6) is -0.361. The number of aliphatic hydroxyl groups is 1. The number of piperidine rings is 4. The van der Waals surface area contributed by atoms with E-state index in [0.717, 1.165) is 61.3 Å². The number of rotatable bonds is 10. The second-order valence-corrected chi connectivity index (χ2v) is 17.5. The summed E-state index contributed by atoms with van der Waals surface area (Å²) in [5, 5.41) is 32.6. The molecule has 8 heterocycles. The van der Waals surface area contributed by atoms with Crippen molar-refractivity contribution in [1.29, 1.82) is 0 Å². The van der Waals surface area contributed by atoms with E-state index >= 15 is 4.39 Å². The Bertz CT molecular complexity index is 2290. The number of allylic oxidation sites excluding steroid dienone is 2. The van der Waals surface area contributed by atoms with Crippen LogP contribution in [0.3, 0.4) is 0 Å². The van der Waals surface area contributed by atoms with Crippen LogP contribution in [0.25, 0.3) is 5.57 Å². The average Bonchev–Trinajstić information content (AvgIpc) is 4.01. The first-order chi connectivity index (χ1) is 29.5. The monoisotopic (exact) mass is 832 g/mol. The molecule has 0 saturated carbocycles. The number of aromatic nitrogens is 6. The van der Waals surface area contributed by atoms with E-state index in [0.29, 0.717) is 56.8 Å². The Hall–Kier alpha value is -5.94. The van der Waals surface area contributed by atoms with Crippen LogP contribution in [0.1, 0.15) is 87.7 Å². The minimum absolute atomic E-state index is 0.0227. The van der Waals surface area contributed by atoms with E-state index in [1.165, 1.54) is 6.07 Å². The lowest BCUT2D eigenvalue weighted by molar-refractivity contribution is -0.139. The second kappa shape index (κ2) is 16.5. The largest absolute Gasteiger partial charge is 0.389 e. The van der Waals surface area contributed by atoms with Gasteiger partial charge in [-0.25, -0.2) is 14.4 Å². The van der Waals surface area contributed by atoms with Crippen molar-refractivity contribution in [2.45, 2.75) is 93.5 Å². The van der Waals surface area contributed by atoms with Gasteiger partial charge in [0.25, 0.3) is 0 Å². The van der Waals surface area contributed by atoms with E-state index in [9.17, 15) is 19.5 Å². The molecule has 61 heavy (non-hydrogen) atoms. The number of hydrogen-bond acceptors (Lipinski definition) is 12. The summed E-state index contributed by atoms with van der Waals surface area (Å²) in [6.45, 7) is 5.83. The number of carbonyl (C=O) groups excluding carboxylic acids is 3. The van der Waals surface area contributed by atoms with E-state index in [-0.39, 0.29) is 36.1 Å². The van der Waals surface area contributed by atoms with Gasteiger partial charge in [-0.2, -0.15) is 10.2 Å². The van der Waals surface area contributed by atoms with Gasteiger partial charge in [-0.05, 0) is 75.3 Å². The zero-order chi connectivity index (χ0) is 42.2. The molecule has 3 aromatic heterocycles. The molecule has 5 aliphatic rings. The quantitative estimate of drug-likeness (QED) is 0.146. The molecule has 4 fully saturated rings. The van der Waals surface area contributed by atoms with Gasteiger partial charge in [0.15, 0.2) is 0 Å². The van der Waals surface area contributed by atoms with Crippen molar-refractivity contribution in [3.8, 4) is 0 Å². The molecule has 0 radical (unpaired) electrons. The molecule has 2 unspecified atom stereocenters. The fourth-order valence-corrected chi connectivity index (χ4v) is 9.56. The van der Waals surface area contributed by atoms with Gasteiger partial charge in [-0.3, -0.25) is 34.4 Å². The number of carbonyl (C=O) groups is 3. The molecular weight excluding hydrogens is 780 g/mol. The summed E-state index contributed by atoms with van der Waals surface area (Å²) < 4.78 is 17.4. The maximum atomic E-state index is 15.3. The SMILES string of the molecule is CC1(c2ncccn2)CCN(C2(c3cnn(C4CCN(C(=O)CC5(O)CCN(c6ccc(NC7CCC(=O)NC7=O)cc6F)CC5)CC4)c3)C=CC(c3cn[nH]c3)=CN2)CC1. The first kappa shape index (κ1) is 40.5. The maximum Gasteiger partial charge on any atom is 0.249 e. The Morgan fingerprint density at radius 1 is 1.00 bits per heavy atom. The number of anilines is 2.